The Bertz CT molecular complexity index is 377. The summed E-state index contributed by atoms with van der Waals surface area (Å²) in [4.78, 5) is 0. The van der Waals surface area contributed by atoms with E-state index in [9.17, 15) is 4.39 Å². The topological polar surface area (TPSA) is 65.7 Å². The van der Waals surface area contributed by atoms with Crippen molar-refractivity contribution in [1.82, 2.24) is 5.43 Å². The Morgan fingerprint density at radius 2 is 2.05 bits per heavy atom. The van der Waals surface area contributed by atoms with E-state index in [1.54, 1.807) is 19.2 Å². The Balaban J connectivity index is 2.54. The fourth-order valence-electron chi connectivity index (χ4n) is 1.69. The molecule has 5 nitrogen and oxygen atoms in total. The van der Waals surface area contributed by atoms with Crippen molar-refractivity contribution >= 4 is 0 Å². The lowest BCUT2D eigenvalue weighted by Crippen LogP contribution is -2.29. The van der Waals surface area contributed by atoms with E-state index in [1.807, 2.05) is 0 Å². The first kappa shape index (κ1) is 15.8. The largest absolute Gasteiger partial charge is 0.497 e. The monoisotopic (exact) mass is 272 g/mol. The second-order valence-electron chi connectivity index (χ2n) is 4.00. The van der Waals surface area contributed by atoms with E-state index < -0.39 is 0 Å². The minimum atomic E-state index is -0.348. The quantitative estimate of drug-likeness (QED) is 0.404. The van der Waals surface area contributed by atoms with E-state index in [0.29, 0.717) is 37.6 Å². The van der Waals surface area contributed by atoms with Crippen LogP contribution in [0.3, 0.4) is 0 Å². The summed E-state index contributed by atoms with van der Waals surface area (Å²) in [6, 6.07) is 4.40. The van der Waals surface area contributed by atoms with Crippen LogP contribution in [0.5, 0.6) is 5.75 Å². The molecule has 1 rings (SSSR count). The van der Waals surface area contributed by atoms with Crippen LogP contribution in [0.1, 0.15) is 18.0 Å². The molecule has 0 aromatic heterocycles. The Kier molecular flexibility index (Phi) is 7.35. The number of benzene rings is 1. The second-order valence-corrected chi connectivity index (χ2v) is 4.00. The number of nitrogens with two attached hydrogens (primary N) is 1. The highest BCUT2D eigenvalue weighted by Crippen LogP contribution is 2.23. The maximum absolute atomic E-state index is 13.9. The van der Waals surface area contributed by atoms with E-state index in [-0.39, 0.29) is 11.9 Å². The molecule has 0 aliphatic rings. The Morgan fingerprint density at radius 3 is 2.63 bits per heavy atom. The standard InChI is InChI=1S/C13H21FN2O3/c1-17-7-8-19-6-5-13(16-15)11-4-3-10(18-2)9-12(11)14/h3-4,9,13,16H,5-8,15H2,1-2H3. The van der Waals surface area contributed by atoms with Gasteiger partial charge in [-0.25, -0.2) is 4.39 Å². The zero-order chi connectivity index (χ0) is 14.1. The third-order valence-corrected chi connectivity index (χ3v) is 2.77. The number of halogens is 1. The summed E-state index contributed by atoms with van der Waals surface area (Å²) in [5, 5.41) is 0. The lowest BCUT2D eigenvalue weighted by molar-refractivity contribution is 0.0656. The number of methoxy groups -OCH3 is 2. The lowest BCUT2D eigenvalue weighted by atomic mass is 10.0. The molecule has 6 heteroatoms. The minimum absolute atomic E-state index is 0.298. The Labute approximate surface area is 112 Å². The highest BCUT2D eigenvalue weighted by Gasteiger charge is 2.14. The van der Waals surface area contributed by atoms with Crippen LogP contribution >= 0.6 is 0 Å². The first-order chi connectivity index (χ1) is 9.22. The van der Waals surface area contributed by atoms with Gasteiger partial charge in [0.15, 0.2) is 0 Å². The summed E-state index contributed by atoms with van der Waals surface area (Å²) in [6.07, 6.45) is 0.573. The zero-order valence-corrected chi connectivity index (χ0v) is 11.3. The van der Waals surface area contributed by atoms with Gasteiger partial charge in [0.2, 0.25) is 0 Å². The van der Waals surface area contributed by atoms with Crippen LogP contribution in [0.2, 0.25) is 0 Å². The predicted octanol–water partition coefficient (Wildman–Crippen LogP) is 1.39. The molecule has 0 bridgehead atoms. The van der Waals surface area contributed by atoms with Gasteiger partial charge in [-0.15, -0.1) is 0 Å². The van der Waals surface area contributed by atoms with Gasteiger partial charge in [0.25, 0.3) is 0 Å². The van der Waals surface area contributed by atoms with Crippen LogP contribution in [0.25, 0.3) is 0 Å². The van der Waals surface area contributed by atoms with Crippen molar-refractivity contribution < 1.29 is 18.6 Å². The number of nitrogens with one attached hydrogen (secondary N) is 1. The summed E-state index contributed by atoms with van der Waals surface area (Å²) < 4.78 is 29.0. The van der Waals surface area contributed by atoms with Gasteiger partial charge in [0.1, 0.15) is 11.6 Å². The molecule has 108 valence electrons. The highest BCUT2D eigenvalue weighted by atomic mass is 19.1. The van der Waals surface area contributed by atoms with Crippen molar-refractivity contribution in [3.63, 3.8) is 0 Å². The first-order valence-corrected chi connectivity index (χ1v) is 6.09. The average Bonchev–Trinajstić information content (AvgIpc) is 2.43. The molecule has 0 aliphatic heterocycles. The molecule has 0 aliphatic carbocycles. The smallest absolute Gasteiger partial charge is 0.131 e. The van der Waals surface area contributed by atoms with E-state index in [4.69, 9.17) is 20.1 Å². The SMILES string of the molecule is COCCOCCC(NN)c1ccc(OC)cc1F. The normalized spacial score (nSPS) is 12.4. The van der Waals surface area contributed by atoms with Crippen molar-refractivity contribution in [2.45, 2.75) is 12.5 Å². The molecule has 19 heavy (non-hydrogen) atoms. The average molecular weight is 272 g/mol. The fourth-order valence-corrected chi connectivity index (χ4v) is 1.69. The molecular weight excluding hydrogens is 251 g/mol. The molecule has 1 atom stereocenters. The van der Waals surface area contributed by atoms with Crippen LogP contribution in [0, 0.1) is 5.82 Å². The van der Waals surface area contributed by atoms with Crippen molar-refractivity contribution in [1.29, 1.82) is 0 Å². The van der Waals surface area contributed by atoms with E-state index in [2.05, 4.69) is 5.43 Å². The number of ether oxygens (including phenoxy) is 3. The van der Waals surface area contributed by atoms with Crippen molar-refractivity contribution in [3.05, 3.63) is 29.6 Å². The maximum Gasteiger partial charge on any atom is 0.131 e. The molecule has 0 spiro atoms. The van der Waals surface area contributed by atoms with Crippen LogP contribution in [-0.4, -0.2) is 34.0 Å². The van der Waals surface area contributed by atoms with Crippen LogP contribution in [-0.2, 0) is 9.47 Å². The molecule has 1 aromatic carbocycles. The fraction of sp³-hybridized carbons (Fsp3) is 0.538. The molecule has 0 heterocycles. The van der Waals surface area contributed by atoms with E-state index in [0.717, 1.165) is 0 Å². The zero-order valence-electron chi connectivity index (χ0n) is 11.3. The van der Waals surface area contributed by atoms with Gasteiger partial charge in [-0.2, -0.15) is 0 Å². The van der Waals surface area contributed by atoms with Crippen molar-refractivity contribution in [2.75, 3.05) is 34.0 Å². The minimum Gasteiger partial charge on any atom is -0.497 e. The first-order valence-electron chi connectivity index (χ1n) is 6.09. The molecule has 0 saturated heterocycles. The third kappa shape index (κ3) is 5.12. The summed E-state index contributed by atoms with van der Waals surface area (Å²) in [7, 11) is 3.11. The van der Waals surface area contributed by atoms with Gasteiger partial charge in [0, 0.05) is 25.3 Å². The van der Waals surface area contributed by atoms with E-state index >= 15 is 0 Å². The van der Waals surface area contributed by atoms with Gasteiger partial charge >= 0.3 is 0 Å². The molecule has 0 fully saturated rings. The van der Waals surface area contributed by atoms with Crippen molar-refractivity contribution in [2.24, 2.45) is 5.84 Å². The number of hydrogen-bond acceptors (Lipinski definition) is 5. The predicted molar refractivity (Wildman–Crippen MR) is 70.3 cm³/mol. The Morgan fingerprint density at radius 1 is 1.26 bits per heavy atom. The van der Waals surface area contributed by atoms with Gasteiger partial charge < -0.3 is 14.2 Å². The summed E-state index contributed by atoms with van der Waals surface area (Å²) in [5.74, 6) is 5.59. The molecular formula is C13H21FN2O3. The summed E-state index contributed by atoms with van der Waals surface area (Å²) in [6.45, 7) is 1.53. The maximum atomic E-state index is 13.9. The van der Waals surface area contributed by atoms with Crippen LogP contribution in [0.15, 0.2) is 18.2 Å². The number of hydrazine groups is 1. The molecule has 1 aromatic rings. The molecule has 0 radical (unpaired) electrons. The van der Waals surface area contributed by atoms with Crippen molar-refractivity contribution in [3.8, 4) is 5.75 Å². The lowest BCUT2D eigenvalue weighted by Gasteiger charge is -2.17. The summed E-state index contributed by atoms with van der Waals surface area (Å²) >= 11 is 0. The molecule has 3 N–H and O–H groups in total. The molecule has 1 unspecified atom stereocenters. The van der Waals surface area contributed by atoms with Gasteiger partial charge in [-0.1, -0.05) is 6.07 Å². The number of rotatable bonds is 9. The summed E-state index contributed by atoms with van der Waals surface area (Å²) in [5.41, 5.74) is 3.09. The second kappa shape index (κ2) is 8.82. The van der Waals surface area contributed by atoms with Gasteiger partial charge in [-0.3, -0.25) is 11.3 Å². The van der Waals surface area contributed by atoms with Gasteiger partial charge in [-0.05, 0) is 12.5 Å². The van der Waals surface area contributed by atoms with Crippen LogP contribution < -0.4 is 16.0 Å². The molecule has 0 saturated carbocycles. The Hall–Kier alpha value is -1.21. The number of hydrogen-bond donors (Lipinski definition) is 2. The van der Waals surface area contributed by atoms with Crippen LogP contribution in [0.4, 0.5) is 4.39 Å². The van der Waals surface area contributed by atoms with E-state index in [1.165, 1.54) is 13.2 Å². The molecule has 0 amide bonds. The third-order valence-electron chi connectivity index (χ3n) is 2.77. The highest BCUT2D eigenvalue weighted by molar-refractivity contribution is 5.30. The van der Waals surface area contributed by atoms with Gasteiger partial charge in [0.05, 0.1) is 26.4 Å².